The Balaban J connectivity index is 2.31. The van der Waals surface area contributed by atoms with Gasteiger partial charge < -0.3 is 22.4 Å². The predicted octanol–water partition coefficient (Wildman–Crippen LogP) is 4.91. The quantitative estimate of drug-likeness (QED) is 0.276. The van der Waals surface area contributed by atoms with Gasteiger partial charge in [-0.1, -0.05) is 0 Å². The molecule has 0 aromatic carbocycles. The van der Waals surface area contributed by atoms with Crippen LogP contribution < -0.4 is 27.5 Å². The van der Waals surface area contributed by atoms with Gasteiger partial charge in [0.2, 0.25) is 44.8 Å². The summed E-state index contributed by atoms with van der Waals surface area (Å²) >= 11 is 0. The first-order valence-corrected chi connectivity index (χ1v) is 25.2. The average molecular weight is 555 g/mol. The molecule has 35 heavy (non-hydrogen) atoms. The molecule has 2 rings (SSSR count). The monoisotopic (exact) mass is 554 g/mol. The normalized spacial score (nSPS) is 12.9. The molecule has 0 unspecified atom stereocenters. The topological polar surface area (TPSA) is 53.9 Å². The molecular weight excluding hydrogens is 509 g/mol. The number of nitrogens with zero attached hydrogens (tertiary/aromatic N) is 2. The predicted molar refractivity (Wildman–Crippen MR) is 150 cm³/mol. The van der Waals surface area contributed by atoms with Crippen LogP contribution in [0.2, 0.25) is 65.5 Å². The number of methoxy groups -OCH3 is 2. The first-order valence-electron chi connectivity index (χ1n) is 12.2. The second-order valence-corrected chi connectivity index (χ2v) is 29.4. The molecule has 2 aromatic rings. The summed E-state index contributed by atoms with van der Waals surface area (Å²) < 4.78 is 35.5. The van der Waals surface area contributed by atoms with Crippen molar-refractivity contribution in [2.24, 2.45) is 0 Å². The maximum Gasteiger partial charge on any atom is 0.397 e. The molecule has 0 spiro atoms. The van der Waals surface area contributed by atoms with Gasteiger partial charge in [-0.25, -0.2) is 0 Å². The highest BCUT2D eigenvalue weighted by atomic mass is 28.4. The maximum absolute atomic E-state index is 7.02. The van der Waals surface area contributed by atoms with E-state index >= 15 is 0 Å². The van der Waals surface area contributed by atoms with Gasteiger partial charge in [-0.15, -0.1) is 0 Å². The van der Waals surface area contributed by atoms with Crippen molar-refractivity contribution in [3.8, 4) is 23.3 Å². The largest absolute Gasteiger partial charge is 0.497 e. The highest BCUT2D eigenvalue weighted by Crippen LogP contribution is 2.27. The molecule has 0 radical (unpaired) electrons. The first kappa shape index (κ1) is 29.6. The van der Waals surface area contributed by atoms with Crippen LogP contribution >= 0.6 is 0 Å². The molecule has 2 aromatic heterocycles. The zero-order valence-electron chi connectivity index (χ0n) is 23.8. The van der Waals surface area contributed by atoms with Gasteiger partial charge in [-0.3, -0.25) is 0 Å². The van der Waals surface area contributed by atoms with Crippen LogP contribution in [0.3, 0.4) is 0 Å². The van der Waals surface area contributed by atoms with E-state index < -0.39 is 33.3 Å². The van der Waals surface area contributed by atoms with Crippen LogP contribution in [0, 0.1) is 0 Å². The maximum atomic E-state index is 7.02. The summed E-state index contributed by atoms with van der Waals surface area (Å²) in [5.41, 5.74) is 0. The minimum absolute atomic E-state index is 0.760. The molecule has 0 amide bonds. The van der Waals surface area contributed by atoms with Crippen LogP contribution in [-0.4, -0.2) is 47.5 Å². The van der Waals surface area contributed by atoms with E-state index in [2.05, 4.69) is 87.0 Å². The summed E-state index contributed by atoms with van der Waals surface area (Å²) in [7, 11) is -4.54. The fourth-order valence-electron chi connectivity index (χ4n) is 4.02. The van der Waals surface area contributed by atoms with E-state index in [-0.39, 0.29) is 0 Å². The average Bonchev–Trinajstić information content (AvgIpc) is 2.67. The lowest BCUT2D eigenvalue weighted by Gasteiger charge is -2.30. The van der Waals surface area contributed by atoms with Crippen molar-refractivity contribution in [2.75, 3.05) is 14.2 Å². The Bertz CT molecular complexity index is 925. The number of hydrogen-bond acceptors (Lipinski definition) is 5. The highest BCUT2D eigenvalue weighted by molar-refractivity contribution is 6.83. The van der Waals surface area contributed by atoms with Crippen LogP contribution in [0.1, 0.15) is 0 Å². The van der Waals surface area contributed by atoms with Gasteiger partial charge in [0.1, 0.15) is 0 Å². The number of hydrogen-bond donors (Lipinski definition) is 0. The third-order valence-electron chi connectivity index (χ3n) is 4.87. The molecule has 7 nitrogen and oxygen atoms in total. The fourth-order valence-corrected chi connectivity index (χ4v) is 14.3. The molecule has 0 aliphatic rings. The summed E-state index contributed by atoms with van der Waals surface area (Å²) in [5.74, 6) is 3.12. The second kappa shape index (κ2) is 11.2. The fraction of sp³-hybridized carbons (Fsp3) is 0.583. The van der Waals surface area contributed by atoms with E-state index in [1.807, 2.05) is 24.3 Å². The zero-order valence-corrected chi connectivity index (χ0v) is 27.8. The van der Waals surface area contributed by atoms with Gasteiger partial charge in [-0.05, 0) is 77.6 Å². The van der Waals surface area contributed by atoms with Crippen molar-refractivity contribution in [3.05, 3.63) is 36.7 Å². The minimum Gasteiger partial charge on any atom is -0.497 e. The van der Waals surface area contributed by atoms with Crippen molar-refractivity contribution in [1.29, 1.82) is 0 Å². The van der Waals surface area contributed by atoms with Crippen molar-refractivity contribution in [1.82, 2.24) is 0 Å². The lowest BCUT2D eigenvalue weighted by atomic mass is 10.4. The molecule has 0 saturated carbocycles. The molecule has 0 bridgehead atoms. The molecule has 196 valence electrons. The van der Waals surface area contributed by atoms with Crippen molar-refractivity contribution in [2.45, 2.75) is 77.8 Å². The first-order chi connectivity index (χ1) is 16.0. The smallest absolute Gasteiger partial charge is 0.397 e. The second-order valence-electron chi connectivity index (χ2n) is 12.1. The van der Waals surface area contributed by atoms with E-state index in [1.54, 1.807) is 14.2 Å². The number of ether oxygens (including phenoxy) is 2. The molecule has 0 saturated heterocycles. The highest BCUT2D eigenvalue weighted by Gasteiger charge is 2.42. The molecule has 0 aliphatic carbocycles. The minimum atomic E-state index is -2.13. The molecule has 2 heterocycles. The summed E-state index contributed by atoms with van der Waals surface area (Å²) in [6.07, 6.45) is 5.70. The van der Waals surface area contributed by atoms with Gasteiger partial charge in [0, 0.05) is 12.1 Å². The van der Waals surface area contributed by atoms with Crippen LogP contribution in [-0.2, 0) is 16.5 Å². The van der Waals surface area contributed by atoms with E-state index in [0.717, 1.165) is 35.6 Å². The van der Waals surface area contributed by atoms with E-state index in [9.17, 15) is 0 Å². The van der Waals surface area contributed by atoms with Crippen LogP contribution in [0.25, 0.3) is 0 Å². The SMILES string of the molecule is COc1ccc[n+](C[Si](C)(C)O[Si](C)(C)C[n+]2cccc(OC)c2O[Si](C)(C)C)c1O[Si](C)(C)C. The zero-order chi connectivity index (χ0) is 26.7. The standard InChI is InChI=1S/C24H46N2O5Si4/c1-27-21-15-13-17-25(23(21)29-32(3,4)5)19-34(9,10)31-35(11,12)20-26-18-14-16-22(28-2)24(26)30-33(6,7)8/h13-18H,19-20H2,1-12H3/q+2. The third kappa shape index (κ3) is 9.37. The van der Waals surface area contributed by atoms with Crippen molar-refractivity contribution < 1.29 is 31.6 Å². The van der Waals surface area contributed by atoms with Gasteiger partial charge in [-0.2, -0.15) is 9.13 Å². The van der Waals surface area contributed by atoms with Gasteiger partial charge in [0.05, 0.1) is 14.2 Å². The third-order valence-corrected chi connectivity index (χ3v) is 13.1. The Morgan fingerprint density at radius 2 is 0.943 bits per heavy atom. The molecule has 0 N–H and O–H groups in total. The van der Waals surface area contributed by atoms with Crippen LogP contribution in [0.5, 0.6) is 23.3 Å². The number of rotatable bonds is 12. The summed E-state index contributed by atoms with van der Waals surface area (Å²) in [6, 6.07) is 7.93. The number of pyridine rings is 2. The van der Waals surface area contributed by atoms with Crippen LogP contribution in [0.15, 0.2) is 36.7 Å². The summed E-state index contributed by atoms with van der Waals surface area (Å²) in [5, 5.41) is 0. The summed E-state index contributed by atoms with van der Waals surface area (Å²) in [4.78, 5) is 0. The van der Waals surface area contributed by atoms with E-state index in [0.29, 0.717) is 0 Å². The molecule has 0 atom stereocenters. The molecule has 0 fully saturated rings. The van der Waals surface area contributed by atoms with E-state index in [4.69, 9.17) is 22.4 Å². The Morgan fingerprint density at radius 1 is 0.600 bits per heavy atom. The Morgan fingerprint density at radius 3 is 1.23 bits per heavy atom. The van der Waals surface area contributed by atoms with Gasteiger partial charge in [0.25, 0.3) is 0 Å². The molecular formula is C24H46N2O5Si4+2. The lowest BCUT2D eigenvalue weighted by molar-refractivity contribution is -0.687. The Hall–Kier alpha value is -1.67. The van der Waals surface area contributed by atoms with Gasteiger partial charge >= 0.3 is 11.8 Å². The lowest BCUT2D eigenvalue weighted by Crippen LogP contribution is -2.59. The van der Waals surface area contributed by atoms with E-state index in [1.165, 1.54) is 0 Å². The Labute approximate surface area is 216 Å². The van der Waals surface area contributed by atoms with Crippen LogP contribution in [0.4, 0.5) is 0 Å². The number of aromatic nitrogens is 2. The Kier molecular flexibility index (Phi) is 9.42. The molecule has 11 heteroatoms. The van der Waals surface area contributed by atoms with Crippen molar-refractivity contribution >= 4 is 33.3 Å². The van der Waals surface area contributed by atoms with Gasteiger partial charge in [0.15, 0.2) is 24.7 Å². The van der Waals surface area contributed by atoms with Crippen molar-refractivity contribution in [3.63, 3.8) is 0 Å². The molecule has 0 aliphatic heterocycles. The summed E-state index contributed by atoms with van der Waals surface area (Å²) in [6.45, 7) is 22.2.